The normalized spacial score (nSPS) is 38.8. The van der Waals surface area contributed by atoms with Gasteiger partial charge in [0.1, 0.15) is 0 Å². The van der Waals surface area contributed by atoms with Crippen molar-refractivity contribution in [3.05, 3.63) is 0 Å². The maximum absolute atomic E-state index is 9.72. The summed E-state index contributed by atoms with van der Waals surface area (Å²) in [5, 5.41) is 13.2. The van der Waals surface area contributed by atoms with Gasteiger partial charge >= 0.3 is 0 Å². The smallest absolute Gasteiger partial charge is 0.0950 e. The highest BCUT2D eigenvalue weighted by Crippen LogP contribution is 2.18. The largest absolute Gasteiger partial charge is 0.389 e. The number of rotatable bonds is 1. The van der Waals surface area contributed by atoms with Crippen LogP contribution in [0.5, 0.6) is 0 Å². The Bertz CT molecular complexity index is 208. The molecule has 82 valence electrons. The maximum atomic E-state index is 9.72. The third kappa shape index (κ3) is 2.08. The number of hydrogen-bond acceptors (Lipinski definition) is 4. The second-order valence-electron chi connectivity index (χ2n) is 4.95. The van der Waals surface area contributed by atoms with Gasteiger partial charge in [0.15, 0.2) is 0 Å². The van der Waals surface area contributed by atoms with E-state index in [2.05, 4.69) is 24.1 Å². The fourth-order valence-corrected chi connectivity index (χ4v) is 2.34. The highest BCUT2D eigenvalue weighted by molar-refractivity contribution is 4.93. The summed E-state index contributed by atoms with van der Waals surface area (Å²) in [7, 11) is 0. The highest BCUT2D eigenvalue weighted by atomic mass is 16.5. The molecule has 2 saturated heterocycles. The van der Waals surface area contributed by atoms with Crippen LogP contribution in [0.3, 0.4) is 0 Å². The van der Waals surface area contributed by atoms with Crippen molar-refractivity contribution < 1.29 is 9.84 Å². The first-order valence-electron chi connectivity index (χ1n) is 5.33. The minimum atomic E-state index is -0.302. The first kappa shape index (κ1) is 10.4. The third-order valence-electron chi connectivity index (χ3n) is 3.09. The number of hydrogen-bond donors (Lipinski definition) is 2. The van der Waals surface area contributed by atoms with Gasteiger partial charge in [0.2, 0.25) is 0 Å². The van der Waals surface area contributed by atoms with Crippen LogP contribution in [0.4, 0.5) is 0 Å². The van der Waals surface area contributed by atoms with Gasteiger partial charge in [-0.05, 0) is 13.8 Å². The Balaban J connectivity index is 1.97. The van der Waals surface area contributed by atoms with E-state index in [1.807, 2.05) is 0 Å². The summed E-state index contributed by atoms with van der Waals surface area (Å²) >= 11 is 0. The van der Waals surface area contributed by atoms with Crippen molar-refractivity contribution in [2.24, 2.45) is 0 Å². The van der Waals surface area contributed by atoms with E-state index in [1.54, 1.807) is 0 Å². The molecule has 2 N–H and O–H groups in total. The molecule has 0 radical (unpaired) electrons. The van der Waals surface area contributed by atoms with Crippen molar-refractivity contribution in [3.8, 4) is 0 Å². The summed E-state index contributed by atoms with van der Waals surface area (Å²) < 4.78 is 5.28. The van der Waals surface area contributed by atoms with Crippen molar-refractivity contribution >= 4 is 0 Å². The van der Waals surface area contributed by atoms with E-state index in [1.165, 1.54) is 0 Å². The molecule has 2 unspecified atom stereocenters. The van der Waals surface area contributed by atoms with Crippen LogP contribution in [0.25, 0.3) is 0 Å². The zero-order chi connectivity index (χ0) is 10.2. The lowest BCUT2D eigenvalue weighted by Gasteiger charge is -2.42. The van der Waals surface area contributed by atoms with Gasteiger partial charge in [0, 0.05) is 25.2 Å². The average molecular weight is 200 g/mol. The van der Waals surface area contributed by atoms with Gasteiger partial charge in [-0.2, -0.15) is 0 Å². The standard InChI is InChI=1S/C10H20N2O2/c1-10(2)7-12(4-3-11-10)8-5-14-6-9(8)13/h8-9,11,13H,3-7H2,1-2H3. The van der Waals surface area contributed by atoms with Crippen LogP contribution in [0, 0.1) is 0 Å². The summed E-state index contributed by atoms with van der Waals surface area (Å²) in [5.74, 6) is 0. The van der Waals surface area contributed by atoms with E-state index in [-0.39, 0.29) is 17.7 Å². The molecule has 0 amide bonds. The number of piperazine rings is 1. The van der Waals surface area contributed by atoms with Crippen LogP contribution in [-0.2, 0) is 4.74 Å². The minimum absolute atomic E-state index is 0.153. The topological polar surface area (TPSA) is 44.7 Å². The molecule has 2 aliphatic rings. The van der Waals surface area contributed by atoms with Gasteiger partial charge in [-0.3, -0.25) is 4.90 Å². The lowest BCUT2D eigenvalue weighted by molar-refractivity contribution is 0.0480. The van der Waals surface area contributed by atoms with Gasteiger partial charge in [0.05, 0.1) is 25.4 Å². The van der Waals surface area contributed by atoms with Crippen LogP contribution < -0.4 is 5.32 Å². The molecule has 2 fully saturated rings. The van der Waals surface area contributed by atoms with E-state index < -0.39 is 0 Å². The highest BCUT2D eigenvalue weighted by Gasteiger charge is 2.36. The Morgan fingerprint density at radius 3 is 2.79 bits per heavy atom. The molecule has 0 aromatic rings. The predicted molar refractivity (Wildman–Crippen MR) is 54.3 cm³/mol. The summed E-state index contributed by atoms with van der Waals surface area (Å²) in [4.78, 5) is 2.34. The molecule has 4 nitrogen and oxygen atoms in total. The van der Waals surface area contributed by atoms with Crippen molar-refractivity contribution in [2.75, 3.05) is 32.8 Å². The van der Waals surface area contributed by atoms with E-state index in [0.29, 0.717) is 13.2 Å². The third-order valence-corrected chi connectivity index (χ3v) is 3.09. The van der Waals surface area contributed by atoms with Gasteiger partial charge < -0.3 is 15.2 Å². The van der Waals surface area contributed by atoms with Crippen molar-refractivity contribution in [1.29, 1.82) is 0 Å². The number of ether oxygens (including phenoxy) is 1. The van der Waals surface area contributed by atoms with E-state index >= 15 is 0 Å². The molecule has 0 aliphatic carbocycles. The average Bonchev–Trinajstić information content (AvgIpc) is 2.49. The monoisotopic (exact) mass is 200 g/mol. The number of nitrogens with one attached hydrogen (secondary N) is 1. The molecule has 0 spiro atoms. The second kappa shape index (κ2) is 3.77. The Morgan fingerprint density at radius 2 is 2.21 bits per heavy atom. The van der Waals surface area contributed by atoms with Crippen LogP contribution in [0.15, 0.2) is 0 Å². The fourth-order valence-electron chi connectivity index (χ4n) is 2.34. The lowest BCUT2D eigenvalue weighted by atomic mass is 10.00. The van der Waals surface area contributed by atoms with Gasteiger partial charge in [-0.1, -0.05) is 0 Å². The molecule has 2 rings (SSSR count). The van der Waals surface area contributed by atoms with Crippen LogP contribution in [-0.4, -0.2) is 60.5 Å². The van der Waals surface area contributed by atoms with E-state index in [4.69, 9.17) is 4.74 Å². The Labute approximate surface area is 85.2 Å². The van der Waals surface area contributed by atoms with Crippen molar-refractivity contribution in [3.63, 3.8) is 0 Å². The van der Waals surface area contributed by atoms with Crippen LogP contribution in [0.1, 0.15) is 13.8 Å². The predicted octanol–water partition coefficient (Wildman–Crippen LogP) is -0.570. The number of aliphatic hydroxyl groups is 1. The molecular formula is C10H20N2O2. The molecule has 0 aromatic carbocycles. The molecule has 2 aliphatic heterocycles. The quantitative estimate of drug-likeness (QED) is 0.595. The Hall–Kier alpha value is -0.160. The Kier molecular flexibility index (Phi) is 2.79. The molecule has 2 heterocycles. The maximum Gasteiger partial charge on any atom is 0.0950 e. The molecule has 4 heteroatoms. The summed E-state index contributed by atoms with van der Waals surface area (Å²) in [6.07, 6.45) is -0.302. The first-order chi connectivity index (χ1) is 6.58. The van der Waals surface area contributed by atoms with Gasteiger partial charge in [0.25, 0.3) is 0 Å². The van der Waals surface area contributed by atoms with Crippen molar-refractivity contribution in [1.82, 2.24) is 10.2 Å². The summed E-state index contributed by atoms with van der Waals surface area (Å²) in [6.45, 7) is 8.55. The van der Waals surface area contributed by atoms with Crippen LogP contribution >= 0.6 is 0 Å². The van der Waals surface area contributed by atoms with Gasteiger partial charge in [-0.25, -0.2) is 0 Å². The molecule has 2 atom stereocenters. The SMILES string of the molecule is CC1(C)CN(C2COCC2O)CCN1. The molecule has 0 aromatic heterocycles. The first-order valence-corrected chi connectivity index (χ1v) is 5.33. The minimum Gasteiger partial charge on any atom is -0.389 e. The zero-order valence-corrected chi connectivity index (χ0v) is 8.99. The Morgan fingerprint density at radius 1 is 1.43 bits per heavy atom. The molecule has 0 saturated carbocycles. The van der Waals surface area contributed by atoms with E-state index in [0.717, 1.165) is 19.6 Å². The molecular weight excluding hydrogens is 180 g/mol. The molecule has 0 bridgehead atoms. The zero-order valence-electron chi connectivity index (χ0n) is 8.99. The van der Waals surface area contributed by atoms with Crippen molar-refractivity contribution in [2.45, 2.75) is 31.5 Å². The number of nitrogens with zero attached hydrogens (tertiary/aromatic N) is 1. The van der Waals surface area contributed by atoms with Gasteiger partial charge in [-0.15, -0.1) is 0 Å². The van der Waals surface area contributed by atoms with Crippen LogP contribution in [0.2, 0.25) is 0 Å². The van der Waals surface area contributed by atoms with E-state index in [9.17, 15) is 5.11 Å². The second-order valence-corrected chi connectivity index (χ2v) is 4.95. The number of aliphatic hydroxyl groups excluding tert-OH is 1. The summed E-state index contributed by atoms with van der Waals surface area (Å²) in [5.41, 5.74) is 0.153. The molecule has 14 heavy (non-hydrogen) atoms. The lowest BCUT2D eigenvalue weighted by Crippen LogP contribution is -2.61. The summed E-state index contributed by atoms with van der Waals surface area (Å²) in [6, 6.07) is 0.205. The fraction of sp³-hybridized carbons (Fsp3) is 1.00.